The minimum absolute atomic E-state index is 0.149. The second-order valence-corrected chi connectivity index (χ2v) is 6.67. The first-order chi connectivity index (χ1) is 12.7. The van der Waals surface area contributed by atoms with E-state index in [-0.39, 0.29) is 5.69 Å². The smallest absolute Gasteiger partial charge is 0.280 e. The Kier molecular flexibility index (Phi) is 4.47. The van der Waals surface area contributed by atoms with Gasteiger partial charge in [0.2, 0.25) is 0 Å². The van der Waals surface area contributed by atoms with E-state index in [2.05, 4.69) is 20.3 Å². The molecule has 3 heterocycles. The van der Waals surface area contributed by atoms with E-state index in [9.17, 15) is 4.79 Å². The number of anilines is 1. The average Bonchev–Trinajstić information content (AvgIpc) is 3.32. The van der Waals surface area contributed by atoms with E-state index in [4.69, 9.17) is 16.0 Å². The summed E-state index contributed by atoms with van der Waals surface area (Å²) in [6.45, 7) is 0. The molecule has 1 amide bonds. The van der Waals surface area contributed by atoms with E-state index in [1.807, 2.05) is 18.2 Å². The van der Waals surface area contributed by atoms with Crippen LogP contribution >= 0.6 is 22.9 Å². The first-order valence-electron chi connectivity index (χ1n) is 7.58. The number of carbonyl (C=O) groups excluding carboxylic acids is 1. The number of nitrogens with zero attached hydrogens (tertiary/aromatic N) is 3. The number of hydrogen-bond donors (Lipinski definition) is 1. The quantitative estimate of drug-likeness (QED) is 0.550. The van der Waals surface area contributed by atoms with Crippen molar-refractivity contribution in [3.8, 4) is 21.8 Å². The molecule has 4 rings (SSSR count). The molecule has 8 heteroatoms. The molecule has 1 N–H and O–H groups in total. The van der Waals surface area contributed by atoms with Crippen LogP contribution in [0.2, 0.25) is 5.02 Å². The third kappa shape index (κ3) is 3.22. The highest BCUT2D eigenvalue weighted by molar-refractivity contribution is 7.19. The van der Waals surface area contributed by atoms with Gasteiger partial charge in [-0.2, -0.15) is 0 Å². The highest BCUT2D eigenvalue weighted by Gasteiger charge is 2.21. The predicted molar refractivity (Wildman–Crippen MR) is 100 cm³/mol. The second-order valence-electron chi connectivity index (χ2n) is 5.24. The fraction of sp³-hybridized carbons (Fsp3) is 0. The summed E-state index contributed by atoms with van der Waals surface area (Å²) in [6.07, 6.45) is 6.35. The van der Waals surface area contributed by atoms with Crippen LogP contribution < -0.4 is 5.32 Å². The van der Waals surface area contributed by atoms with Crippen LogP contribution in [0.5, 0.6) is 0 Å². The van der Waals surface area contributed by atoms with Gasteiger partial charge in [-0.05, 0) is 18.2 Å². The lowest BCUT2D eigenvalue weighted by Crippen LogP contribution is -2.13. The Bertz CT molecular complexity index is 1060. The first kappa shape index (κ1) is 16.4. The van der Waals surface area contributed by atoms with Crippen molar-refractivity contribution in [3.05, 3.63) is 72.1 Å². The molecular weight excluding hydrogens is 372 g/mol. The van der Waals surface area contributed by atoms with Gasteiger partial charge in [0.05, 0.1) is 9.90 Å². The lowest BCUT2D eigenvalue weighted by molar-refractivity contribution is 0.102. The van der Waals surface area contributed by atoms with E-state index in [0.29, 0.717) is 21.5 Å². The summed E-state index contributed by atoms with van der Waals surface area (Å²) in [4.78, 5) is 25.8. The molecule has 0 saturated carbocycles. The van der Waals surface area contributed by atoms with Gasteiger partial charge in [-0.15, -0.1) is 0 Å². The van der Waals surface area contributed by atoms with Crippen LogP contribution in [0, 0.1) is 0 Å². The summed E-state index contributed by atoms with van der Waals surface area (Å²) in [5, 5.41) is 3.68. The van der Waals surface area contributed by atoms with Gasteiger partial charge < -0.3 is 4.42 Å². The van der Waals surface area contributed by atoms with E-state index in [1.165, 1.54) is 17.7 Å². The number of benzene rings is 1. The molecule has 0 atom stereocenters. The van der Waals surface area contributed by atoms with E-state index < -0.39 is 5.91 Å². The highest BCUT2D eigenvalue weighted by Crippen LogP contribution is 2.31. The number of halogens is 1. The number of thiazole rings is 1. The molecule has 0 aliphatic carbocycles. The van der Waals surface area contributed by atoms with Gasteiger partial charge in [0.25, 0.3) is 5.91 Å². The number of carbonyl (C=O) groups is 1. The van der Waals surface area contributed by atoms with Crippen LogP contribution in [-0.4, -0.2) is 20.9 Å². The fourth-order valence-corrected chi connectivity index (χ4v) is 3.40. The lowest BCUT2D eigenvalue weighted by atomic mass is 10.1. The van der Waals surface area contributed by atoms with Crippen LogP contribution in [0.25, 0.3) is 21.8 Å². The van der Waals surface area contributed by atoms with Crippen LogP contribution in [0.1, 0.15) is 10.5 Å². The number of rotatable bonds is 4. The van der Waals surface area contributed by atoms with Crippen molar-refractivity contribution in [1.29, 1.82) is 0 Å². The largest absolute Gasteiger partial charge is 0.443 e. The zero-order valence-corrected chi connectivity index (χ0v) is 14.8. The predicted octanol–water partition coefficient (Wildman–Crippen LogP) is 4.77. The monoisotopic (exact) mass is 382 g/mol. The SMILES string of the molecule is O=C(Nc1ncc(-c2cccnc2)s1)c1ncoc1-c1ccccc1Cl. The first-order valence-corrected chi connectivity index (χ1v) is 8.78. The van der Waals surface area contributed by atoms with Crippen LogP contribution in [0.15, 0.2) is 65.8 Å². The van der Waals surface area contributed by atoms with Gasteiger partial charge in [0, 0.05) is 29.7 Å². The molecular formula is C18H11ClN4O2S. The van der Waals surface area contributed by atoms with Gasteiger partial charge in [0.1, 0.15) is 0 Å². The third-order valence-corrected chi connectivity index (χ3v) is 4.86. The topological polar surface area (TPSA) is 80.9 Å². The van der Waals surface area contributed by atoms with Crippen molar-refractivity contribution in [2.75, 3.05) is 5.32 Å². The van der Waals surface area contributed by atoms with Gasteiger partial charge in [-0.3, -0.25) is 15.1 Å². The van der Waals surface area contributed by atoms with E-state index in [1.54, 1.807) is 36.8 Å². The Morgan fingerprint density at radius 3 is 2.81 bits per heavy atom. The van der Waals surface area contributed by atoms with Crippen LogP contribution in [0.3, 0.4) is 0 Å². The third-order valence-electron chi connectivity index (χ3n) is 3.57. The standard InChI is InChI=1S/C18H11ClN4O2S/c19-13-6-2-1-5-12(13)16-15(22-10-25-16)17(24)23-18-21-9-14(26-18)11-4-3-7-20-8-11/h1-10H,(H,21,23,24). The van der Waals surface area contributed by atoms with Crippen LogP contribution in [0.4, 0.5) is 5.13 Å². The molecule has 128 valence electrons. The van der Waals surface area contributed by atoms with E-state index in [0.717, 1.165) is 10.4 Å². The molecule has 4 aromatic rings. The van der Waals surface area contributed by atoms with Crippen LogP contribution in [-0.2, 0) is 0 Å². The van der Waals surface area contributed by atoms with Crippen molar-refractivity contribution < 1.29 is 9.21 Å². The van der Waals surface area contributed by atoms with E-state index >= 15 is 0 Å². The Morgan fingerprint density at radius 1 is 1.12 bits per heavy atom. The zero-order chi connectivity index (χ0) is 17.9. The molecule has 0 aliphatic heterocycles. The highest BCUT2D eigenvalue weighted by atomic mass is 35.5. The summed E-state index contributed by atoms with van der Waals surface area (Å²) in [5.41, 5.74) is 1.69. The van der Waals surface area contributed by atoms with Crippen molar-refractivity contribution in [2.24, 2.45) is 0 Å². The zero-order valence-electron chi connectivity index (χ0n) is 13.2. The van der Waals surface area contributed by atoms with Gasteiger partial charge >= 0.3 is 0 Å². The number of amides is 1. The molecule has 0 fully saturated rings. The summed E-state index contributed by atoms with van der Waals surface area (Å²) in [6, 6.07) is 10.9. The lowest BCUT2D eigenvalue weighted by Gasteiger charge is -2.03. The maximum Gasteiger partial charge on any atom is 0.280 e. The summed E-state index contributed by atoms with van der Waals surface area (Å²) in [7, 11) is 0. The summed E-state index contributed by atoms with van der Waals surface area (Å²) in [5.74, 6) is -0.0992. The molecule has 0 radical (unpaired) electrons. The Balaban J connectivity index is 1.58. The molecule has 26 heavy (non-hydrogen) atoms. The number of aromatic nitrogens is 3. The number of oxazole rings is 1. The number of nitrogens with one attached hydrogen (secondary N) is 1. The minimum Gasteiger partial charge on any atom is -0.443 e. The van der Waals surface area contributed by atoms with Crippen molar-refractivity contribution >= 4 is 34.0 Å². The minimum atomic E-state index is -0.416. The molecule has 0 saturated heterocycles. The molecule has 3 aromatic heterocycles. The Hall–Kier alpha value is -3.03. The maximum atomic E-state index is 12.6. The Labute approximate surface area is 157 Å². The summed E-state index contributed by atoms with van der Waals surface area (Å²) >= 11 is 7.54. The normalized spacial score (nSPS) is 10.7. The molecule has 1 aromatic carbocycles. The van der Waals surface area contributed by atoms with Gasteiger partial charge in [0.15, 0.2) is 23.0 Å². The molecule has 0 unspecified atom stereocenters. The molecule has 0 spiro atoms. The summed E-state index contributed by atoms with van der Waals surface area (Å²) < 4.78 is 5.38. The average molecular weight is 383 g/mol. The molecule has 0 aliphatic rings. The van der Waals surface area contributed by atoms with Gasteiger partial charge in [-0.25, -0.2) is 9.97 Å². The maximum absolute atomic E-state index is 12.6. The fourth-order valence-electron chi connectivity index (χ4n) is 2.37. The molecule has 0 bridgehead atoms. The second kappa shape index (κ2) is 7.07. The van der Waals surface area contributed by atoms with Gasteiger partial charge in [-0.1, -0.05) is 41.1 Å². The van der Waals surface area contributed by atoms with Crippen molar-refractivity contribution in [2.45, 2.75) is 0 Å². The van der Waals surface area contributed by atoms with Crippen molar-refractivity contribution in [3.63, 3.8) is 0 Å². The van der Waals surface area contributed by atoms with Crippen molar-refractivity contribution in [1.82, 2.24) is 15.0 Å². The number of pyridine rings is 1. The Morgan fingerprint density at radius 2 is 2.00 bits per heavy atom. The molecule has 6 nitrogen and oxygen atoms in total. The number of hydrogen-bond acceptors (Lipinski definition) is 6.